The van der Waals surface area contributed by atoms with Crippen LogP contribution < -0.4 is 5.43 Å². The fourth-order valence-corrected chi connectivity index (χ4v) is 0.921. The number of carbonyl (C=O) groups is 1. The van der Waals surface area contributed by atoms with Crippen LogP contribution in [0.2, 0.25) is 0 Å². The van der Waals surface area contributed by atoms with Crippen LogP contribution in [0.15, 0.2) is 39.6 Å². The number of aliphatic carboxylic acids is 1. The minimum absolute atomic E-state index is 0.169. The lowest BCUT2D eigenvalue weighted by Crippen LogP contribution is -1.98. The van der Waals surface area contributed by atoms with Gasteiger partial charge < -0.3 is 5.11 Å². The molecule has 0 unspecified atom stereocenters. The van der Waals surface area contributed by atoms with Gasteiger partial charge in [-0.15, -0.1) is 0 Å². The lowest BCUT2D eigenvalue weighted by molar-refractivity contribution is -0.131. The van der Waals surface area contributed by atoms with E-state index in [9.17, 15) is 4.79 Å². The summed E-state index contributed by atoms with van der Waals surface area (Å²) in [5.74, 6) is -0.800. The first-order valence-corrected chi connectivity index (χ1v) is 4.85. The first kappa shape index (κ1) is 12.5. The van der Waals surface area contributed by atoms with Crippen molar-refractivity contribution in [1.29, 1.82) is 0 Å². The molecule has 0 saturated heterocycles. The van der Waals surface area contributed by atoms with Gasteiger partial charge in [-0.05, 0) is 12.1 Å². The molecule has 1 heterocycles. The summed E-state index contributed by atoms with van der Waals surface area (Å²) in [6.07, 6.45) is 2.67. The highest BCUT2D eigenvalue weighted by Crippen LogP contribution is 2.11. The largest absolute Gasteiger partial charge is 0.477 e. The summed E-state index contributed by atoms with van der Waals surface area (Å²) in [5, 5.41) is 11.5. The summed E-state index contributed by atoms with van der Waals surface area (Å²) in [7, 11) is 0. The molecule has 0 aliphatic heterocycles. The summed E-state index contributed by atoms with van der Waals surface area (Å²) in [4.78, 5) is 14.3. The molecule has 0 aromatic carbocycles. The van der Waals surface area contributed by atoms with E-state index in [4.69, 9.17) is 28.3 Å². The van der Waals surface area contributed by atoms with E-state index < -0.39 is 11.0 Å². The first-order chi connectivity index (χ1) is 7.61. The Morgan fingerprint density at radius 1 is 1.50 bits per heavy atom. The summed E-state index contributed by atoms with van der Waals surface area (Å²) in [6.45, 7) is 0. The quantitative estimate of drug-likeness (QED) is 0.494. The molecule has 0 spiro atoms. The van der Waals surface area contributed by atoms with Crippen molar-refractivity contribution < 1.29 is 9.90 Å². The molecule has 84 valence electrons. The van der Waals surface area contributed by atoms with Crippen LogP contribution in [0, 0.1) is 0 Å². The standard InChI is InChI=1S/C9H7Cl2N3O2/c10-6(8(11)9(15)16)5-13-14-7-3-1-2-4-12-7/h1-5H,(H,12,14)(H,15,16)/b8-6-,13-5+. The van der Waals surface area contributed by atoms with Gasteiger partial charge in [0.15, 0.2) is 0 Å². The summed E-state index contributed by atoms with van der Waals surface area (Å²) < 4.78 is 0. The van der Waals surface area contributed by atoms with E-state index in [-0.39, 0.29) is 5.03 Å². The molecular formula is C9H7Cl2N3O2. The van der Waals surface area contributed by atoms with Gasteiger partial charge in [0.2, 0.25) is 0 Å². The molecular weight excluding hydrogens is 253 g/mol. The van der Waals surface area contributed by atoms with Crippen molar-refractivity contribution in [2.24, 2.45) is 5.10 Å². The Balaban J connectivity index is 2.63. The number of aromatic nitrogens is 1. The SMILES string of the molecule is O=C(O)/C(Cl)=C(Cl)\C=N\Nc1ccccn1. The molecule has 1 aromatic heterocycles. The molecule has 0 aliphatic rings. The number of rotatable bonds is 4. The van der Waals surface area contributed by atoms with Crippen LogP contribution in [0.25, 0.3) is 0 Å². The van der Waals surface area contributed by atoms with Gasteiger partial charge in [-0.2, -0.15) is 5.10 Å². The van der Waals surface area contributed by atoms with E-state index in [2.05, 4.69) is 15.5 Å². The number of carboxylic acid groups (broad SMARTS) is 1. The monoisotopic (exact) mass is 259 g/mol. The van der Waals surface area contributed by atoms with Crippen molar-refractivity contribution in [2.75, 3.05) is 5.43 Å². The van der Waals surface area contributed by atoms with Gasteiger partial charge in [-0.25, -0.2) is 9.78 Å². The van der Waals surface area contributed by atoms with E-state index in [1.807, 2.05) is 0 Å². The summed E-state index contributed by atoms with van der Waals surface area (Å²) in [6, 6.07) is 5.21. The average Bonchev–Trinajstić information content (AvgIpc) is 2.29. The van der Waals surface area contributed by atoms with Crippen molar-refractivity contribution in [3.05, 3.63) is 34.5 Å². The third-order valence-corrected chi connectivity index (χ3v) is 2.17. The third-order valence-electron chi connectivity index (χ3n) is 1.42. The Bertz CT molecular complexity index is 432. The lowest BCUT2D eigenvalue weighted by atomic mass is 10.5. The fourth-order valence-electron chi connectivity index (χ4n) is 0.743. The van der Waals surface area contributed by atoms with Gasteiger partial charge in [0.1, 0.15) is 10.9 Å². The number of pyridine rings is 1. The average molecular weight is 260 g/mol. The van der Waals surface area contributed by atoms with Gasteiger partial charge in [0.25, 0.3) is 0 Å². The minimum atomic E-state index is -1.31. The van der Waals surface area contributed by atoms with E-state index in [0.29, 0.717) is 5.82 Å². The van der Waals surface area contributed by atoms with Gasteiger partial charge in [0, 0.05) is 6.20 Å². The molecule has 1 rings (SSSR count). The topological polar surface area (TPSA) is 74.6 Å². The third kappa shape index (κ3) is 3.88. The van der Waals surface area contributed by atoms with Crippen molar-refractivity contribution in [3.63, 3.8) is 0 Å². The van der Waals surface area contributed by atoms with Crippen LogP contribution >= 0.6 is 23.2 Å². The molecule has 16 heavy (non-hydrogen) atoms. The highest BCUT2D eigenvalue weighted by molar-refractivity contribution is 6.51. The number of anilines is 1. The molecule has 0 atom stereocenters. The second kappa shape index (κ2) is 6.09. The molecule has 0 saturated carbocycles. The van der Waals surface area contributed by atoms with Crippen molar-refractivity contribution in [3.8, 4) is 0 Å². The number of halogens is 2. The highest BCUT2D eigenvalue weighted by atomic mass is 35.5. The molecule has 0 radical (unpaired) electrons. The predicted octanol–water partition coefficient (Wildman–Crippen LogP) is 2.25. The molecule has 0 bridgehead atoms. The van der Waals surface area contributed by atoms with E-state index in [1.54, 1.807) is 24.4 Å². The second-order valence-corrected chi connectivity index (χ2v) is 3.34. The highest BCUT2D eigenvalue weighted by Gasteiger charge is 2.07. The number of hydrogen-bond acceptors (Lipinski definition) is 4. The van der Waals surface area contributed by atoms with E-state index in [1.165, 1.54) is 0 Å². The maximum atomic E-state index is 10.4. The maximum Gasteiger partial charge on any atom is 0.348 e. The lowest BCUT2D eigenvalue weighted by Gasteiger charge is -1.97. The van der Waals surface area contributed by atoms with Gasteiger partial charge in [-0.1, -0.05) is 29.3 Å². The molecule has 2 N–H and O–H groups in total. The first-order valence-electron chi connectivity index (χ1n) is 4.10. The molecule has 7 heteroatoms. The number of nitrogens with one attached hydrogen (secondary N) is 1. The van der Waals surface area contributed by atoms with E-state index in [0.717, 1.165) is 6.21 Å². The van der Waals surface area contributed by atoms with Gasteiger partial charge >= 0.3 is 5.97 Å². The van der Waals surface area contributed by atoms with Crippen LogP contribution in [-0.2, 0) is 4.79 Å². The Kier molecular flexibility index (Phi) is 4.75. The second-order valence-electron chi connectivity index (χ2n) is 2.55. The van der Waals surface area contributed by atoms with Gasteiger partial charge in [0.05, 0.1) is 11.2 Å². The normalized spacial score (nSPS) is 12.4. The molecule has 0 fully saturated rings. The minimum Gasteiger partial charge on any atom is -0.477 e. The Morgan fingerprint density at radius 3 is 2.81 bits per heavy atom. The zero-order chi connectivity index (χ0) is 12.0. The molecule has 5 nitrogen and oxygen atoms in total. The smallest absolute Gasteiger partial charge is 0.348 e. The Hall–Kier alpha value is -1.59. The zero-order valence-electron chi connectivity index (χ0n) is 7.89. The number of hydrazone groups is 1. The van der Waals surface area contributed by atoms with Crippen LogP contribution in [0.4, 0.5) is 5.82 Å². The molecule has 0 amide bonds. The van der Waals surface area contributed by atoms with Crippen LogP contribution in [0.1, 0.15) is 0 Å². The zero-order valence-corrected chi connectivity index (χ0v) is 9.40. The van der Waals surface area contributed by atoms with Crippen LogP contribution in [-0.4, -0.2) is 22.3 Å². The Morgan fingerprint density at radius 2 is 2.25 bits per heavy atom. The summed E-state index contributed by atoms with van der Waals surface area (Å²) in [5.41, 5.74) is 2.56. The summed E-state index contributed by atoms with van der Waals surface area (Å²) >= 11 is 10.9. The van der Waals surface area contributed by atoms with Crippen LogP contribution in [0.3, 0.4) is 0 Å². The number of carboxylic acids is 1. The number of allylic oxidation sites excluding steroid dienone is 1. The predicted molar refractivity (Wildman–Crippen MR) is 62.7 cm³/mol. The maximum absolute atomic E-state index is 10.4. The van der Waals surface area contributed by atoms with Crippen molar-refractivity contribution in [1.82, 2.24) is 4.98 Å². The van der Waals surface area contributed by atoms with Crippen LogP contribution in [0.5, 0.6) is 0 Å². The number of nitrogens with zero attached hydrogens (tertiary/aromatic N) is 2. The van der Waals surface area contributed by atoms with E-state index >= 15 is 0 Å². The van der Waals surface area contributed by atoms with Crippen molar-refractivity contribution >= 4 is 41.2 Å². The van der Waals surface area contributed by atoms with Crippen molar-refractivity contribution in [2.45, 2.75) is 0 Å². The molecule has 0 aliphatic carbocycles. The fraction of sp³-hybridized carbons (Fsp3) is 0. The molecule has 1 aromatic rings. The Labute approximate surface area is 101 Å². The van der Waals surface area contributed by atoms with Gasteiger partial charge in [-0.3, -0.25) is 5.43 Å². The number of hydrogen-bond donors (Lipinski definition) is 2.